The molecule has 0 saturated carbocycles. The summed E-state index contributed by atoms with van der Waals surface area (Å²) in [5.41, 5.74) is 6.33. The summed E-state index contributed by atoms with van der Waals surface area (Å²) < 4.78 is 5.29. The molecule has 2 heterocycles. The Hall–Kier alpha value is -3.05. The summed E-state index contributed by atoms with van der Waals surface area (Å²) >= 11 is 1.63. The number of aromatic nitrogens is 2. The highest BCUT2D eigenvalue weighted by atomic mass is 32.2. The van der Waals surface area contributed by atoms with E-state index >= 15 is 0 Å². The lowest BCUT2D eigenvalue weighted by molar-refractivity contribution is -0.132. The Bertz CT molecular complexity index is 1060. The Kier molecular flexibility index (Phi) is 8.94. The van der Waals surface area contributed by atoms with Gasteiger partial charge < -0.3 is 20.7 Å². The van der Waals surface area contributed by atoms with Crippen LogP contribution in [0.25, 0.3) is 0 Å². The third-order valence-electron chi connectivity index (χ3n) is 5.89. The molecule has 11 heteroatoms. The van der Waals surface area contributed by atoms with Crippen LogP contribution in [0.15, 0.2) is 35.1 Å². The minimum absolute atomic E-state index is 0.0848. The van der Waals surface area contributed by atoms with E-state index in [9.17, 15) is 14.4 Å². The molecule has 0 spiro atoms. The molecule has 1 fully saturated rings. The van der Waals surface area contributed by atoms with Crippen LogP contribution in [0.3, 0.4) is 0 Å². The summed E-state index contributed by atoms with van der Waals surface area (Å²) in [6.07, 6.45) is 3.30. The summed E-state index contributed by atoms with van der Waals surface area (Å²) in [6, 6.07) is 7.87. The number of amides is 2. The zero-order valence-corrected chi connectivity index (χ0v) is 20.6. The van der Waals surface area contributed by atoms with Gasteiger partial charge in [-0.2, -0.15) is 11.8 Å². The first kappa shape index (κ1) is 25.6. The van der Waals surface area contributed by atoms with Crippen LogP contribution in [-0.4, -0.2) is 82.9 Å². The van der Waals surface area contributed by atoms with Crippen LogP contribution in [0.4, 0.5) is 5.95 Å². The number of methoxy groups -OCH3 is 1. The number of likely N-dealkylation sites (tertiary alicyclic amines) is 1. The molecule has 34 heavy (non-hydrogen) atoms. The van der Waals surface area contributed by atoms with E-state index in [1.54, 1.807) is 40.9 Å². The van der Waals surface area contributed by atoms with Gasteiger partial charge in [0.1, 0.15) is 11.8 Å². The summed E-state index contributed by atoms with van der Waals surface area (Å²) in [5.74, 6) is 0.874. The Morgan fingerprint density at radius 2 is 2.18 bits per heavy atom. The lowest BCUT2D eigenvalue weighted by Crippen LogP contribution is -2.49. The zero-order valence-electron chi connectivity index (χ0n) is 19.7. The number of anilines is 1. The molecule has 1 aliphatic rings. The average Bonchev–Trinajstić information content (AvgIpc) is 3.31. The topological polar surface area (TPSA) is 134 Å². The van der Waals surface area contributed by atoms with Crippen LogP contribution in [0, 0.1) is 0 Å². The molecule has 0 aliphatic carbocycles. The number of nitrogens with two attached hydrogens (primary N) is 1. The van der Waals surface area contributed by atoms with Gasteiger partial charge in [0, 0.05) is 31.7 Å². The fourth-order valence-corrected chi connectivity index (χ4v) is 4.55. The number of H-pyrrole nitrogens is 1. The quantitative estimate of drug-likeness (QED) is 0.450. The van der Waals surface area contributed by atoms with E-state index in [0.29, 0.717) is 43.1 Å². The predicted molar refractivity (Wildman–Crippen MR) is 133 cm³/mol. The molecule has 2 unspecified atom stereocenters. The first-order valence-electron chi connectivity index (χ1n) is 11.1. The zero-order chi connectivity index (χ0) is 24.7. The third-order valence-corrected chi connectivity index (χ3v) is 6.53. The van der Waals surface area contributed by atoms with Crippen molar-refractivity contribution in [3.05, 3.63) is 51.9 Å². The Labute approximate surface area is 203 Å². The SMILES string of the molecule is COc1ccccc1C(=O)NC(CCSC)C(=O)N1CCC(N(C)Cc2cc(=O)[nH]c(N)n2)C1. The summed E-state index contributed by atoms with van der Waals surface area (Å²) in [4.78, 5) is 48.4. The van der Waals surface area contributed by atoms with Gasteiger partial charge in [-0.05, 0) is 44.0 Å². The van der Waals surface area contributed by atoms with Crippen molar-refractivity contribution in [1.29, 1.82) is 0 Å². The van der Waals surface area contributed by atoms with E-state index in [-0.39, 0.29) is 29.4 Å². The van der Waals surface area contributed by atoms with Gasteiger partial charge in [-0.1, -0.05) is 12.1 Å². The molecule has 2 atom stereocenters. The maximum Gasteiger partial charge on any atom is 0.255 e. The van der Waals surface area contributed by atoms with Crippen molar-refractivity contribution in [3.63, 3.8) is 0 Å². The molecule has 3 rings (SSSR count). The van der Waals surface area contributed by atoms with Gasteiger partial charge in [0.25, 0.3) is 11.5 Å². The molecule has 1 aromatic carbocycles. The van der Waals surface area contributed by atoms with Gasteiger partial charge in [-0.25, -0.2) is 4.98 Å². The first-order valence-corrected chi connectivity index (χ1v) is 12.5. The van der Waals surface area contributed by atoms with Crippen LogP contribution < -0.4 is 21.3 Å². The minimum Gasteiger partial charge on any atom is -0.496 e. The summed E-state index contributed by atoms with van der Waals surface area (Å²) in [6.45, 7) is 1.58. The van der Waals surface area contributed by atoms with Crippen LogP contribution in [0.5, 0.6) is 5.75 Å². The number of rotatable bonds is 10. The van der Waals surface area contributed by atoms with Crippen LogP contribution >= 0.6 is 11.8 Å². The van der Waals surface area contributed by atoms with Crippen molar-refractivity contribution in [1.82, 2.24) is 25.1 Å². The van der Waals surface area contributed by atoms with E-state index in [2.05, 4.69) is 20.2 Å². The highest BCUT2D eigenvalue weighted by Gasteiger charge is 2.33. The number of carbonyl (C=O) groups is 2. The van der Waals surface area contributed by atoms with Crippen LogP contribution in [0.1, 0.15) is 28.9 Å². The Morgan fingerprint density at radius 1 is 1.41 bits per heavy atom. The molecule has 1 aromatic heterocycles. The molecule has 2 aromatic rings. The fourth-order valence-electron chi connectivity index (χ4n) is 4.08. The number of para-hydroxylation sites is 1. The highest BCUT2D eigenvalue weighted by Crippen LogP contribution is 2.20. The Morgan fingerprint density at radius 3 is 2.88 bits per heavy atom. The molecular weight excluding hydrogens is 456 g/mol. The standard InChI is InChI=1S/C23H32N6O4S/c1-28(13-15-12-20(30)27-23(24)25-15)16-8-10-29(14-16)22(32)18(9-11-34-3)26-21(31)17-6-4-5-7-19(17)33-2/h4-7,12,16,18H,8-11,13-14H2,1-3H3,(H,26,31)(H3,24,25,27,30). The predicted octanol–water partition coefficient (Wildman–Crippen LogP) is 0.945. The van der Waals surface area contributed by atoms with Crippen molar-refractivity contribution >= 4 is 29.5 Å². The second-order valence-corrected chi connectivity index (χ2v) is 9.26. The van der Waals surface area contributed by atoms with Crippen molar-refractivity contribution in [3.8, 4) is 5.75 Å². The number of nitrogens with one attached hydrogen (secondary N) is 2. The monoisotopic (exact) mass is 488 g/mol. The van der Waals surface area contributed by atoms with Crippen molar-refractivity contribution in [2.75, 3.05) is 45.0 Å². The molecule has 184 valence electrons. The van der Waals surface area contributed by atoms with Gasteiger partial charge >= 0.3 is 0 Å². The van der Waals surface area contributed by atoms with E-state index in [4.69, 9.17) is 10.5 Å². The molecule has 1 saturated heterocycles. The molecule has 10 nitrogen and oxygen atoms in total. The smallest absolute Gasteiger partial charge is 0.255 e. The minimum atomic E-state index is -0.622. The normalized spacial score (nSPS) is 16.5. The number of likely N-dealkylation sites (N-methyl/N-ethyl adjacent to an activating group) is 1. The number of nitrogen functional groups attached to an aromatic ring is 1. The first-order chi connectivity index (χ1) is 16.3. The number of hydrogen-bond acceptors (Lipinski definition) is 8. The fraction of sp³-hybridized carbons (Fsp3) is 0.478. The van der Waals surface area contributed by atoms with Gasteiger partial charge in [-0.15, -0.1) is 0 Å². The average molecular weight is 489 g/mol. The molecule has 0 bridgehead atoms. The number of benzene rings is 1. The van der Waals surface area contributed by atoms with E-state index in [1.807, 2.05) is 13.3 Å². The van der Waals surface area contributed by atoms with Crippen LogP contribution in [-0.2, 0) is 11.3 Å². The third kappa shape index (κ3) is 6.51. The summed E-state index contributed by atoms with van der Waals surface area (Å²) in [5, 5.41) is 2.92. The number of thioether (sulfide) groups is 1. The molecule has 1 aliphatic heterocycles. The van der Waals surface area contributed by atoms with Gasteiger partial charge in [0.05, 0.1) is 18.4 Å². The molecular formula is C23H32N6O4S. The number of aromatic amines is 1. The molecule has 0 radical (unpaired) electrons. The van der Waals surface area contributed by atoms with Gasteiger partial charge in [-0.3, -0.25) is 24.3 Å². The number of ether oxygens (including phenoxy) is 1. The van der Waals surface area contributed by atoms with Gasteiger partial charge in [0.15, 0.2) is 0 Å². The number of carbonyl (C=O) groups excluding carboxylic acids is 2. The lowest BCUT2D eigenvalue weighted by atomic mass is 10.1. The maximum atomic E-state index is 13.4. The van der Waals surface area contributed by atoms with E-state index < -0.39 is 6.04 Å². The molecule has 2 amide bonds. The largest absolute Gasteiger partial charge is 0.496 e. The Balaban J connectivity index is 1.65. The number of hydrogen-bond donors (Lipinski definition) is 3. The van der Waals surface area contributed by atoms with Crippen molar-refractivity contribution in [2.24, 2.45) is 0 Å². The van der Waals surface area contributed by atoms with E-state index in [1.165, 1.54) is 13.2 Å². The lowest BCUT2D eigenvalue weighted by Gasteiger charge is -2.27. The summed E-state index contributed by atoms with van der Waals surface area (Å²) in [7, 11) is 3.45. The van der Waals surface area contributed by atoms with Crippen molar-refractivity contribution < 1.29 is 14.3 Å². The second-order valence-electron chi connectivity index (χ2n) is 8.27. The molecule has 4 N–H and O–H groups in total. The van der Waals surface area contributed by atoms with E-state index in [0.717, 1.165) is 12.2 Å². The van der Waals surface area contributed by atoms with Crippen molar-refractivity contribution in [2.45, 2.75) is 31.5 Å². The van der Waals surface area contributed by atoms with Crippen LogP contribution in [0.2, 0.25) is 0 Å². The second kappa shape index (κ2) is 11.9. The number of nitrogens with zero attached hydrogens (tertiary/aromatic N) is 3. The maximum absolute atomic E-state index is 13.4. The van der Waals surface area contributed by atoms with Gasteiger partial charge in [0.2, 0.25) is 11.9 Å². The highest BCUT2D eigenvalue weighted by molar-refractivity contribution is 7.98.